The summed E-state index contributed by atoms with van der Waals surface area (Å²) >= 11 is 1.21. The lowest BCUT2D eigenvalue weighted by molar-refractivity contribution is -0.137. The summed E-state index contributed by atoms with van der Waals surface area (Å²) in [6.07, 6.45) is 3.05. The summed E-state index contributed by atoms with van der Waals surface area (Å²) in [7, 11) is 1.56. The fraction of sp³-hybridized carbons (Fsp3) is 0.600. The largest absolute Gasteiger partial charge is 0.358 e. The molecule has 140 valence electrons. The number of hydrogen-bond acceptors (Lipinski definition) is 7. The minimum Gasteiger partial charge on any atom is -0.358 e. The Bertz CT molecular complexity index is 552. The lowest BCUT2D eigenvalue weighted by Crippen LogP contribution is -2.43. The van der Waals surface area contributed by atoms with Crippen LogP contribution in [0.5, 0.6) is 0 Å². The molecule has 1 rings (SSSR count). The average Bonchev–Trinajstić information content (AvgIpc) is 2.86. The third-order valence-corrected chi connectivity index (χ3v) is 4.33. The van der Waals surface area contributed by atoms with Gasteiger partial charge in [-0.1, -0.05) is 0 Å². The zero-order valence-corrected chi connectivity index (χ0v) is 15.4. The molecule has 0 aromatic rings. The number of rotatable bonds is 11. The standard InChI is InChI=1S/C15H25N5O4S/c1-17-13(22)10-19(7-4-16)8-5-18-12(21)3-6-20-14(23)9-11(25-2)15(20)24/h9H,3-8,10,16H2,1-2H3,(H,17,22)(H,18,21). The van der Waals surface area contributed by atoms with Crippen molar-refractivity contribution in [1.29, 1.82) is 0 Å². The Morgan fingerprint density at radius 1 is 1.28 bits per heavy atom. The Labute approximate surface area is 151 Å². The second-order valence-electron chi connectivity index (χ2n) is 5.35. The monoisotopic (exact) mass is 371 g/mol. The quantitative estimate of drug-likeness (QED) is 0.363. The van der Waals surface area contributed by atoms with Gasteiger partial charge in [-0.2, -0.15) is 0 Å². The molecule has 4 N–H and O–H groups in total. The molecule has 0 bridgehead atoms. The van der Waals surface area contributed by atoms with Gasteiger partial charge in [0.05, 0.1) is 11.4 Å². The SMILES string of the molecule is CNC(=O)CN(CCN)CCNC(=O)CCN1C(=O)C=C(SC)C1=O. The van der Waals surface area contributed by atoms with Gasteiger partial charge in [-0.15, -0.1) is 11.8 Å². The highest BCUT2D eigenvalue weighted by Gasteiger charge is 2.30. The zero-order valence-electron chi connectivity index (χ0n) is 14.5. The fourth-order valence-electron chi connectivity index (χ4n) is 2.23. The Hall–Kier alpha value is -1.91. The molecule has 10 heteroatoms. The van der Waals surface area contributed by atoms with Crippen molar-refractivity contribution < 1.29 is 19.2 Å². The number of carbonyl (C=O) groups excluding carboxylic acids is 4. The van der Waals surface area contributed by atoms with E-state index < -0.39 is 0 Å². The number of hydrogen-bond donors (Lipinski definition) is 3. The third kappa shape index (κ3) is 6.85. The minimum atomic E-state index is -0.387. The number of carbonyl (C=O) groups is 4. The molecule has 0 fully saturated rings. The molecule has 1 heterocycles. The molecule has 0 radical (unpaired) electrons. The molecule has 0 unspecified atom stereocenters. The summed E-state index contributed by atoms with van der Waals surface area (Å²) in [5.74, 6) is -1.12. The van der Waals surface area contributed by atoms with Crippen LogP contribution in [-0.4, -0.2) is 86.0 Å². The summed E-state index contributed by atoms with van der Waals surface area (Å²) < 4.78 is 0. The molecule has 1 aliphatic heterocycles. The van der Waals surface area contributed by atoms with Gasteiger partial charge in [0.1, 0.15) is 0 Å². The Kier molecular flexibility index (Phi) is 9.17. The number of likely N-dealkylation sites (N-methyl/N-ethyl adjacent to an activating group) is 1. The number of imide groups is 1. The molecule has 0 spiro atoms. The molecule has 0 saturated carbocycles. The number of amides is 4. The van der Waals surface area contributed by atoms with E-state index in [9.17, 15) is 19.2 Å². The van der Waals surface area contributed by atoms with Crippen molar-refractivity contribution in [2.45, 2.75) is 6.42 Å². The number of nitrogens with two attached hydrogens (primary N) is 1. The van der Waals surface area contributed by atoms with Crippen LogP contribution in [0.4, 0.5) is 0 Å². The van der Waals surface area contributed by atoms with Crippen molar-refractivity contribution in [3.63, 3.8) is 0 Å². The molecular weight excluding hydrogens is 346 g/mol. The Morgan fingerprint density at radius 3 is 2.56 bits per heavy atom. The van der Waals surface area contributed by atoms with E-state index >= 15 is 0 Å². The molecule has 1 aliphatic rings. The maximum absolute atomic E-state index is 11.9. The van der Waals surface area contributed by atoms with Gasteiger partial charge >= 0.3 is 0 Å². The number of thioether (sulfide) groups is 1. The Morgan fingerprint density at radius 2 is 2.00 bits per heavy atom. The maximum Gasteiger partial charge on any atom is 0.267 e. The van der Waals surface area contributed by atoms with Crippen LogP contribution in [0.1, 0.15) is 6.42 Å². The predicted molar refractivity (Wildman–Crippen MR) is 95.5 cm³/mol. The van der Waals surface area contributed by atoms with Gasteiger partial charge < -0.3 is 16.4 Å². The zero-order chi connectivity index (χ0) is 18.8. The van der Waals surface area contributed by atoms with Gasteiger partial charge in [0.15, 0.2) is 0 Å². The van der Waals surface area contributed by atoms with E-state index in [2.05, 4.69) is 10.6 Å². The first-order valence-corrected chi connectivity index (χ1v) is 9.16. The van der Waals surface area contributed by atoms with E-state index in [0.29, 0.717) is 31.1 Å². The first kappa shape index (κ1) is 21.1. The van der Waals surface area contributed by atoms with Crippen LogP contribution in [0, 0.1) is 0 Å². The van der Waals surface area contributed by atoms with E-state index in [4.69, 9.17) is 5.73 Å². The van der Waals surface area contributed by atoms with Crippen LogP contribution >= 0.6 is 11.8 Å². The molecule has 0 aromatic heterocycles. The van der Waals surface area contributed by atoms with Gasteiger partial charge in [0, 0.05) is 52.3 Å². The summed E-state index contributed by atoms with van der Waals surface area (Å²) in [6.45, 7) is 2.05. The molecule has 25 heavy (non-hydrogen) atoms. The van der Waals surface area contributed by atoms with Crippen LogP contribution in [0.15, 0.2) is 11.0 Å². The number of nitrogens with zero attached hydrogens (tertiary/aromatic N) is 2. The van der Waals surface area contributed by atoms with E-state index in [-0.39, 0.29) is 43.1 Å². The molecular formula is C15H25N5O4S. The van der Waals surface area contributed by atoms with Crippen LogP contribution in [0.3, 0.4) is 0 Å². The fourth-order valence-corrected chi connectivity index (χ4v) is 2.74. The summed E-state index contributed by atoms with van der Waals surface area (Å²) in [4.78, 5) is 50.2. The van der Waals surface area contributed by atoms with Gasteiger partial charge in [0.2, 0.25) is 11.8 Å². The topological polar surface area (TPSA) is 125 Å². The molecule has 4 amide bonds. The van der Waals surface area contributed by atoms with E-state index in [1.165, 1.54) is 17.8 Å². The Balaban J connectivity index is 2.31. The van der Waals surface area contributed by atoms with Crippen LogP contribution in [0.2, 0.25) is 0 Å². The van der Waals surface area contributed by atoms with Crippen LogP contribution in [-0.2, 0) is 19.2 Å². The average molecular weight is 371 g/mol. The highest BCUT2D eigenvalue weighted by atomic mass is 32.2. The molecule has 0 aliphatic carbocycles. The van der Waals surface area contributed by atoms with Crippen LogP contribution < -0.4 is 16.4 Å². The van der Waals surface area contributed by atoms with Gasteiger partial charge in [-0.05, 0) is 6.26 Å². The normalized spacial score (nSPS) is 14.1. The van der Waals surface area contributed by atoms with Crippen molar-refractivity contribution in [1.82, 2.24) is 20.4 Å². The molecule has 0 atom stereocenters. The maximum atomic E-state index is 11.9. The molecule has 0 saturated heterocycles. The first-order valence-electron chi connectivity index (χ1n) is 7.94. The summed E-state index contributed by atoms with van der Waals surface area (Å²) in [5, 5.41) is 5.25. The van der Waals surface area contributed by atoms with Crippen molar-refractivity contribution in [3.8, 4) is 0 Å². The van der Waals surface area contributed by atoms with Gasteiger partial charge in [0.25, 0.3) is 11.8 Å². The van der Waals surface area contributed by atoms with E-state index in [0.717, 1.165) is 4.90 Å². The van der Waals surface area contributed by atoms with Gasteiger partial charge in [-0.3, -0.25) is 29.0 Å². The van der Waals surface area contributed by atoms with Crippen LogP contribution in [0.25, 0.3) is 0 Å². The third-order valence-electron chi connectivity index (χ3n) is 3.60. The lowest BCUT2D eigenvalue weighted by Gasteiger charge is -2.21. The summed E-state index contributed by atoms with van der Waals surface area (Å²) in [5.41, 5.74) is 5.51. The highest BCUT2D eigenvalue weighted by Crippen LogP contribution is 2.21. The lowest BCUT2D eigenvalue weighted by atomic mass is 10.3. The predicted octanol–water partition coefficient (Wildman–Crippen LogP) is -1.88. The van der Waals surface area contributed by atoms with E-state index in [1.807, 2.05) is 4.90 Å². The molecule has 0 aromatic carbocycles. The van der Waals surface area contributed by atoms with Crippen molar-refractivity contribution >= 4 is 35.4 Å². The number of nitrogens with one attached hydrogen (secondary N) is 2. The summed E-state index contributed by atoms with van der Waals surface area (Å²) in [6, 6.07) is 0. The highest BCUT2D eigenvalue weighted by molar-refractivity contribution is 8.03. The molecule has 9 nitrogen and oxygen atoms in total. The second-order valence-corrected chi connectivity index (χ2v) is 6.19. The van der Waals surface area contributed by atoms with Crippen molar-refractivity contribution in [3.05, 3.63) is 11.0 Å². The first-order chi connectivity index (χ1) is 11.9. The van der Waals surface area contributed by atoms with E-state index in [1.54, 1.807) is 13.3 Å². The van der Waals surface area contributed by atoms with Gasteiger partial charge in [-0.25, -0.2) is 0 Å². The van der Waals surface area contributed by atoms with Crippen molar-refractivity contribution in [2.75, 3.05) is 52.6 Å². The smallest absolute Gasteiger partial charge is 0.267 e. The second kappa shape index (κ2) is 10.9. The van der Waals surface area contributed by atoms with Crippen molar-refractivity contribution in [2.24, 2.45) is 5.73 Å². The minimum absolute atomic E-state index is 0.0410.